The van der Waals surface area contributed by atoms with E-state index in [1.165, 1.54) is 0 Å². The van der Waals surface area contributed by atoms with Crippen LogP contribution in [0.1, 0.15) is 23.1 Å². The zero-order chi connectivity index (χ0) is 16.8. The highest BCUT2D eigenvalue weighted by Gasteiger charge is 2.07. The van der Waals surface area contributed by atoms with Crippen molar-refractivity contribution in [3.05, 3.63) is 58.1 Å². The lowest BCUT2D eigenvalue weighted by Gasteiger charge is -2.11. The number of rotatable bonds is 5. The number of nitrogens with one attached hydrogen (secondary N) is 1. The Bertz CT molecular complexity index is 766. The van der Waals surface area contributed by atoms with Gasteiger partial charge >= 0.3 is 0 Å². The number of anilines is 1. The van der Waals surface area contributed by atoms with Gasteiger partial charge in [-0.25, -0.2) is 0 Å². The second kappa shape index (κ2) is 7.66. The van der Waals surface area contributed by atoms with Gasteiger partial charge in [0.25, 0.3) is 0 Å². The smallest absolute Gasteiger partial charge is 0.227 e. The fourth-order valence-corrected chi connectivity index (χ4v) is 2.26. The molecule has 0 atom stereocenters. The second-order valence-corrected chi connectivity index (χ2v) is 5.56. The van der Waals surface area contributed by atoms with Crippen LogP contribution < -0.4 is 10.1 Å². The van der Waals surface area contributed by atoms with Gasteiger partial charge in [0.05, 0.1) is 23.6 Å². The monoisotopic (exact) mass is 328 g/mol. The molecule has 0 heterocycles. The Kier molecular flexibility index (Phi) is 5.61. The fraction of sp³-hybridized carbons (Fsp3) is 0.222. The molecule has 0 aliphatic rings. The molecule has 0 radical (unpaired) electrons. The van der Waals surface area contributed by atoms with E-state index < -0.39 is 0 Å². The van der Waals surface area contributed by atoms with E-state index in [-0.39, 0.29) is 12.3 Å². The molecule has 2 aromatic carbocycles. The Labute approximate surface area is 140 Å². The summed E-state index contributed by atoms with van der Waals surface area (Å²) in [6.45, 7) is 4.30. The number of halogens is 1. The third-order valence-corrected chi connectivity index (χ3v) is 3.83. The van der Waals surface area contributed by atoms with Gasteiger partial charge in [-0.2, -0.15) is 5.26 Å². The number of hydrogen-bond donors (Lipinski definition) is 1. The molecule has 1 N–H and O–H groups in total. The highest BCUT2D eigenvalue weighted by molar-refractivity contribution is 6.32. The zero-order valence-electron chi connectivity index (χ0n) is 13.0. The molecule has 4 nitrogen and oxygen atoms in total. The minimum Gasteiger partial charge on any atom is -0.493 e. The van der Waals surface area contributed by atoms with E-state index in [1.54, 1.807) is 18.2 Å². The van der Waals surface area contributed by atoms with E-state index in [1.807, 2.05) is 38.1 Å². The maximum atomic E-state index is 11.9. The van der Waals surface area contributed by atoms with Crippen molar-refractivity contribution in [2.24, 2.45) is 0 Å². The first-order chi connectivity index (χ1) is 11.0. The number of carbonyl (C=O) groups is 1. The van der Waals surface area contributed by atoms with Crippen LogP contribution in [0, 0.1) is 25.2 Å². The van der Waals surface area contributed by atoms with Gasteiger partial charge in [-0.1, -0.05) is 23.7 Å². The van der Waals surface area contributed by atoms with Gasteiger partial charge in [0.2, 0.25) is 5.91 Å². The van der Waals surface area contributed by atoms with E-state index in [0.717, 1.165) is 16.9 Å². The Morgan fingerprint density at radius 1 is 1.30 bits per heavy atom. The van der Waals surface area contributed by atoms with Crippen LogP contribution in [0.3, 0.4) is 0 Å². The molecule has 0 aromatic heterocycles. The van der Waals surface area contributed by atoms with Crippen LogP contribution in [-0.2, 0) is 4.79 Å². The highest BCUT2D eigenvalue weighted by atomic mass is 35.5. The number of carbonyl (C=O) groups excluding carboxylic acids is 1. The quantitative estimate of drug-likeness (QED) is 0.893. The van der Waals surface area contributed by atoms with Gasteiger partial charge in [-0.3, -0.25) is 4.79 Å². The molecule has 118 valence electrons. The standard InChI is InChI=1S/C18H17ClN2O2/c1-12-4-3-5-17(13(12)2)23-9-8-18(22)21-15-7-6-14(11-20)16(19)10-15/h3-7,10H,8-9H2,1-2H3,(H,21,22). The van der Waals surface area contributed by atoms with Crippen molar-refractivity contribution >= 4 is 23.2 Å². The zero-order valence-corrected chi connectivity index (χ0v) is 13.8. The van der Waals surface area contributed by atoms with Gasteiger partial charge in [0, 0.05) is 5.69 Å². The number of hydrogen-bond acceptors (Lipinski definition) is 3. The van der Waals surface area contributed by atoms with Crippen LogP contribution in [0.5, 0.6) is 5.75 Å². The van der Waals surface area contributed by atoms with Crippen LogP contribution in [0.25, 0.3) is 0 Å². The van der Waals surface area contributed by atoms with Gasteiger partial charge in [0.15, 0.2) is 0 Å². The Hall–Kier alpha value is -2.51. The summed E-state index contributed by atoms with van der Waals surface area (Å²) < 4.78 is 5.66. The van der Waals surface area contributed by atoms with Crippen LogP contribution >= 0.6 is 11.6 Å². The third-order valence-electron chi connectivity index (χ3n) is 3.51. The molecule has 0 saturated heterocycles. The lowest BCUT2D eigenvalue weighted by Crippen LogP contribution is -2.15. The van der Waals surface area contributed by atoms with E-state index in [4.69, 9.17) is 21.6 Å². The summed E-state index contributed by atoms with van der Waals surface area (Å²) in [5.74, 6) is 0.621. The van der Waals surface area contributed by atoms with Crippen molar-refractivity contribution in [3.8, 4) is 11.8 Å². The van der Waals surface area contributed by atoms with E-state index >= 15 is 0 Å². The average molecular weight is 329 g/mol. The third kappa shape index (κ3) is 4.48. The predicted octanol–water partition coefficient (Wildman–Crippen LogP) is 4.24. The van der Waals surface area contributed by atoms with Crippen LogP contribution in [0.2, 0.25) is 5.02 Å². The second-order valence-electron chi connectivity index (χ2n) is 5.15. The number of ether oxygens (including phenoxy) is 1. The molecule has 0 bridgehead atoms. The fourth-order valence-electron chi connectivity index (χ4n) is 2.04. The molecular formula is C18H17ClN2O2. The molecular weight excluding hydrogens is 312 g/mol. The largest absolute Gasteiger partial charge is 0.493 e. The lowest BCUT2D eigenvalue weighted by atomic mass is 10.1. The lowest BCUT2D eigenvalue weighted by molar-refractivity contribution is -0.116. The summed E-state index contributed by atoms with van der Waals surface area (Å²) >= 11 is 5.93. The molecule has 2 rings (SSSR count). The molecule has 23 heavy (non-hydrogen) atoms. The molecule has 0 spiro atoms. The number of nitriles is 1. The van der Waals surface area contributed by atoms with Crippen molar-refractivity contribution in [2.45, 2.75) is 20.3 Å². The van der Waals surface area contributed by atoms with Crippen molar-refractivity contribution in [3.63, 3.8) is 0 Å². The average Bonchev–Trinajstić information content (AvgIpc) is 2.51. The first-order valence-electron chi connectivity index (χ1n) is 7.20. The predicted molar refractivity (Wildman–Crippen MR) is 90.8 cm³/mol. The highest BCUT2D eigenvalue weighted by Crippen LogP contribution is 2.21. The van der Waals surface area contributed by atoms with Gasteiger partial charge in [-0.05, 0) is 49.2 Å². The molecule has 5 heteroatoms. The molecule has 0 aliphatic heterocycles. The summed E-state index contributed by atoms with van der Waals surface area (Å²) in [5, 5.41) is 11.9. The molecule has 0 unspecified atom stereocenters. The topological polar surface area (TPSA) is 62.1 Å². The molecule has 0 aliphatic carbocycles. The summed E-state index contributed by atoms with van der Waals surface area (Å²) in [6.07, 6.45) is 0.227. The molecule has 0 saturated carbocycles. The van der Waals surface area contributed by atoms with Crippen molar-refractivity contribution in [1.29, 1.82) is 5.26 Å². The van der Waals surface area contributed by atoms with Crippen LogP contribution in [0.4, 0.5) is 5.69 Å². The van der Waals surface area contributed by atoms with Crippen LogP contribution in [-0.4, -0.2) is 12.5 Å². The first kappa shape index (κ1) is 16.9. The van der Waals surface area contributed by atoms with E-state index in [0.29, 0.717) is 22.9 Å². The normalized spacial score (nSPS) is 10.0. The summed E-state index contributed by atoms with van der Waals surface area (Å²) in [6, 6.07) is 12.6. The SMILES string of the molecule is Cc1cccc(OCCC(=O)Nc2ccc(C#N)c(Cl)c2)c1C. The maximum Gasteiger partial charge on any atom is 0.227 e. The van der Waals surface area contributed by atoms with E-state index in [2.05, 4.69) is 5.32 Å². The molecule has 0 fully saturated rings. The maximum absolute atomic E-state index is 11.9. The van der Waals surface area contributed by atoms with Crippen LogP contribution in [0.15, 0.2) is 36.4 Å². The number of benzene rings is 2. The summed E-state index contributed by atoms with van der Waals surface area (Å²) in [7, 11) is 0. The Balaban J connectivity index is 1.87. The molecule has 2 aromatic rings. The number of amides is 1. The Morgan fingerprint density at radius 2 is 2.09 bits per heavy atom. The van der Waals surface area contributed by atoms with Crippen molar-refractivity contribution in [1.82, 2.24) is 0 Å². The minimum atomic E-state index is -0.170. The van der Waals surface area contributed by atoms with E-state index in [9.17, 15) is 4.79 Å². The van der Waals surface area contributed by atoms with Gasteiger partial charge in [-0.15, -0.1) is 0 Å². The first-order valence-corrected chi connectivity index (χ1v) is 7.57. The van der Waals surface area contributed by atoms with Gasteiger partial charge in [0.1, 0.15) is 11.8 Å². The molecule has 1 amide bonds. The number of nitrogens with zero attached hydrogens (tertiary/aromatic N) is 1. The van der Waals surface area contributed by atoms with Crippen molar-refractivity contribution < 1.29 is 9.53 Å². The van der Waals surface area contributed by atoms with Crippen molar-refractivity contribution in [2.75, 3.05) is 11.9 Å². The minimum absolute atomic E-state index is 0.170. The summed E-state index contributed by atoms with van der Waals surface area (Å²) in [4.78, 5) is 11.9. The Morgan fingerprint density at radius 3 is 2.78 bits per heavy atom. The summed E-state index contributed by atoms with van der Waals surface area (Å²) in [5.41, 5.74) is 3.17. The number of aryl methyl sites for hydroxylation is 1. The van der Waals surface area contributed by atoms with Gasteiger partial charge < -0.3 is 10.1 Å².